The average molecular weight is 442 g/mol. The summed E-state index contributed by atoms with van der Waals surface area (Å²) in [5.41, 5.74) is -1.41. The van der Waals surface area contributed by atoms with Crippen LogP contribution in [-0.2, 0) is 25.2 Å². The summed E-state index contributed by atoms with van der Waals surface area (Å²) in [7, 11) is 2.95. The molecule has 1 unspecified atom stereocenters. The van der Waals surface area contributed by atoms with Crippen LogP contribution in [0.15, 0.2) is 18.2 Å². The molecule has 1 N–H and O–H groups in total. The molecule has 31 heavy (non-hydrogen) atoms. The number of piperazine rings is 1. The van der Waals surface area contributed by atoms with Crippen LogP contribution in [0.4, 0.5) is 18.9 Å². The number of amides is 2. The summed E-state index contributed by atoms with van der Waals surface area (Å²) >= 11 is 0. The molecule has 2 rings (SSSR count). The van der Waals surface area contributed by atoms with Gasteiger partial charge in [-0.1, -0.05) is 0 Å². The van der Waals surface area contributed by atoms with Crippen LogP contribution in [-0.4, -0.2) is 76.4 Å². The summed E-state index contributed by atoms with van der Waals surface area (Å²) in [4.78, 5) is 28.2. The zero-order valence-corrected chi connectivity index (χ0v) is 17.4. The highest BCUT2D eigenvalue weighted by Gasteiger charge is 2.37. The van der Waals surface area contributed by atoms with Crippen LogP contribution in [0.2, 0.25) is 0 Å². The number of benzene rings is 1. The topological polar surface area (TPSA) is 94.9 Å². The summed E-state index contributed by atoms with van der Waals surface area (Å²) in [6.07, 6.45) is -4.57. The second-order valence-electron chi connectivity index (χ2n) is 6.92. The number of alkyl halides is 3. The Balaban J connectivity index is 2.32. The number of carbonyl (C=O) groups excluding carboxylic acids is 2. The molecule has 1 aromatic rings. The number of anilines is 1. The first-order valence-electron chi connectivity index (χ1n) is 9.64. The minimum atomic E-state index is -4.71. The number of nitrogens with one attached hydrogen (secondary N) is 1. The van der Waals surface area contributed by atoms with E-state index in [1.54, 1.807) is 6.07 Å². The van der Waals surface area contributed by atoms with Gasteiger partial charge < -0.3 is 24.6 Å². The van der Waals surface area contributed by atoms with Gasteiger partial charge in [-0.25, -0.2) is 0 Å². The van der Waals surface area contributed by atoms with E-state index in [9.17, 15) is 22.8 Å². The molecule has 1 fully saturated rings. The smallest absolute Gasteiger partial charge is 0.384 e. The van der Waals surface area contributed by atoms with Gasteiger partial charge >= 0.3 is 6.18 Å². The maximum Gasteiger partial charge on any atom is 0.417 e. The Bertz CT molecular complexity index is 826. The summed E-state index contributed by atoms with van der Waals surface area (Å²) in [6, 6.07) is 3.99. The molecule has 170 valence electrons. The quantitative estimate of drug-likeness (QED) is 0.612. The molecule has 1 saturated heterocycles. The van der Waals surface area contributed by atoms with Crippen LogP contribution in [0, 0.1) is 11.3 Å². The number of halogens is 3. The van der Waals surface area contributed by atoms with Gasteiger partial charge in [-0.3, -0.25) is 9.59 Å². The number of rotatable bonds is 8. The van der Waals surface area contributed by atoms with E-state index in [2.05, 4.69) is 5.32 Å². The van der Waals surface area contributed by atoms with E-state index in [0.29, 0.717) is 0 Å². The van der Waals surface area contributed by atoms with Crippen LogP contribution < -0.4 is 10.2 Å². The molecule has 0 spiro atoms. The number of nitrogens with zero attached hydrogens (tertiary/aromatic N) is 3. The molecule has 0 aromatic heterocycles. The predicted octanol–water partition coefficient (Wildman–Crippen LogP) is 1.39. The van der Waals surface area contributed by atoms with Crippen LogP contribution in [0.5, 0.6) is 0 Å². The van der Waals surface area contributed by atoms with Gasteiger partial charge in [-0.15, -0.1) is 0 Å². The van der Waals surface area contributed by atoms with Gasteiger partial charge in [0.25, 0.3) is 0 Å². The molecule has 1 atom stereocenters. The molecule has 2 amide bonds. The van der Waals surface area contributed by atoms with E-state index in [1.807, 2.05) is 0 Å². The summed E-state index contributed by atoms with van der Waals surface area (Å²) in [5.74, 6) is -0.633. The Morgan fingerprint density at radius 1 is 1.23 bits per heavy atom. The summed E-state index contributed by atoms with van der Waals surface area (Å²) < 4.78 is 50.0. The third kappa shape index (κ3) is 6.32. The molecule has 8 nitrogen and oxygen atoms in total. The second-order valence-corrected chi connectivity index (χ2v) is 6.92. The lowest BCUT2D eigenvalue weighted by molar-refractivity contribution is -0.137. The van der Waals surface area contributed by atoms with E-state index in [-0.39, 0.29) is 57.4 Å². The lowest BCUT2D eigenvalue weighted by atomic mass is 10.0. The normalized spacial score (nSPS) is 16.7. The highest BCUT2D eigenvalue weighted by Crippen LogP contribution is 2.35. The molecule has 0 aliphatic carbocycles. The number of nitriles is 1. The fourth-order valence-electron chi connectivity index (χ4n) is 3.33. The lowest BCUT2D eigenvalue weighted by Crippen LogP contribution is -2.60. The number of carbonyl (C=O) groups is 2. The standard InChI is InChI=1S/C20H25F3N4O4/c1-30-9-5-18(28)26-7-8-27(17(13-26)19(29)25-6-10-31-2)15-4-3-14(12-24)16(11-15)20(21,22)23/h3-4,11,17H,5-10,13H2,1-2H3,(H,25,29). The SMILES string of the molecule is COCCNC(=O)C1CN(C(=O)CCOC)CCN1c1ccc(C#N)c(C(F)(F)F)c1. The number of ether oxygens (including phenoxy) is 2. The Kier molecular flexibility index (Phi) is 8.65. The van der Waals surface area contributed by atoms with Gasteiger partial charge in [-0.05, 0) is 18.2 Å². The van der Waals surface area contributed by atoms with Gasteiger partial charge in [0.15, 0.2) is 0 Å². The van der Waals surface area contributed by atoms with E-state index in [0.717, 1.165) is 12.1 Å². The van der Waals surface area contributed by atoms with Crippen molar-refractivity contribution in [1.82, 2.24) is 10.2 Å². The van der Waals surface area contributed by atoms with Crippen molar-refractivity contribution in [3.63, 3.8) is 0 Å². The van der Waals surface area contributed by atoms with Crippen LogP contribution in [0.1, 0.15) is 17.5 Å². The van der Waals surface area contributed by atoms with Crippen molar-refractivity contribution >= 4 is 17.5 Å². The number of hydrogen-bond donors (Lipinski definition) is 1. The Labute approximate surface area is 178 Å². The van der Waals surface area contributed by atoms with Crippen molar-refractivity contribution in [3.8, 4) is 6.07 Å². The lowest BCUT2D eigenvalue weighted by Gasteiger charge is -2.42. The maximum atomic E-state index is 13.4. The molecular weight excluding hydrogens is 417 g/mol. The van der Waals surface area contributed by atoms with Gasteiger partial charge in [0.2, 0.25) is 11.8 Å². The largest absolute Gasteiger partial charge is 0.417 e. The first kappa shape index (κ1) is 24.4. The predicted molar refractivity (Wildman–Crippen MR) is 105 cm³/mol. The van der Waals surface area contributed by atoms with E-state index < -0.39 is 29.3 Å². The molecule has 0 saturated carbocycles. The fraction of sp³-hybridized carbons (Fsp3) is 0.550. The molecule has 1 heterocycles. The molecule has 0 radical (unpaired) electrons. The molecular formula is C20H25F3N4O4. The van der Waals surface area contributed by atoms with Gasteiger partial charge in [0.1, 0.15) is 6.04 Å². The van der Waals surface area contributed by atoms with Crippen molar-refractivity contribution in [2.45, 2.75) is 18.6 Å². The molecule has 0 bridgehead atoms. The summed E-state index contributed by atoms with van der Waals surface area (Å²) in [6.45, 7) is 1.13. The van der Waals surface area contributed by atoms with E-state index in [4.69, 9.17) is 14.7 Å². The Hall–Kier alpha value is -2.84. The Morgan fingerprint density at radius 3 is 2.55 bits per heavy atom. The van der Waals surface area contributed by atoms with Crippen molar-refractivity contribution in [3.05, 3.63) is 29.3 Å². The fourth-order valence-corrected chi connectivity index (χ4v) is 3.33. The van der Waals surface area contributed by atoms with E-state index >= 15 is 0 Å². The highest BCUT2D eigenvalue weighted by atomic mass is 19.4. The molecule has 11 heteroatoms. The second kappa shape index (κ2) is 11.0. The molecule has 1 aromatic carbocycles. The van der Waals surface area contributed by atoms with Crippen LogP contribution in [0.25, 0.3) is 0 Å². The zero-order valence-electron chi connectivity index (χ0n) is 17.4. The van der Waals surface area contributed by atoms with Crippen molar-refractivity contribution in [1.29, 1.82) is 5.26 Å². The van der Waals surface area contributed by atoms with Crippen molar-refractivity contribution < 1.29 is 32.2 Å². The zero-order chi connectivity index (χ0) is 23.0. The van der Waals surface area contributed by atoms with E-state index in [1.165, 1.54) is 30.1 Å². The van der Waals surface area contributed by atoms with Crippen LogP contribution >= 0.6 is 0 Å². The number of methoxy groups -OCH3 is 2. The van der Waals surface area contributed by atoms with Gasteiger partial charge in [0, 0.05) is 39.5 Å². The van der Waals surface area contributed by atoms with Gasteiger partial charge in [-0.2, -0.15) is 18.4 Å². The third-order valence-electron chi connectivity index (χ3n) is 4.92. The van der Waals surface area contributed by atoms with Crippen molar-refractivity contribution in [2.24, 2.45) is 0 Å². The average Bonchev–Trinajstić information content (AvgIpc) is 2.76. The first-order valence-corrected chi connectivity index (χ1v) is 9.64. The minimum Gasteiger partial charge on any atom is -0.384 e. The Morgan fingerprint density at radius 2 is 1.94 bits per heavy atom. The molecule has 1 aliphatic heterocycles. The van der Waals surface area contributed by atoms with Crippen molar-refractivity contribution in [2.75, 3.05) is 58.5 Å². The third-order valence-corrected chi connectivity index (χ3v) is 4.92. The van der Waals surface area contributed by atoms with Gasteiger partial charge in [0.05, 0.1) is 43.4 Å². The summed E-state index contributed by atoms with van der Waals surface area (Å²) in [5, 5.41) is 11.7. The number of hydrogen-bond acceptors (Lipinski definition) is 6. The van der Waals surface area contributed by atoms with Crippen LogP contribution in [0.3, 0.4) is 0 Å². The minimum absolute atomic E-state index is 0.0166. The first-order chi connectivity index (χ1) is 14.7. The highest BCUT2D eigenvalue weighted by molar-refractivity contribution is 5.87. The monoisotopic (exact) mass is 442 g/mol. The maximum absolute atomic E-state index is 13.4. The molecule has 1 aliphatic rings.